The van der Waals surface area contributed by atoms with Crippen molar-refractivity contribution < 1.29 is 19.1 Å². The molecule has 0 radical (unpaired) electrons. The van der Waals surface area contributed by atoms with Gasteiger partial charge in [0.2, 0.25) is 0 Å². The highest BCUT2D eigenvalue weighted by molar-refractivity contribution is 6.05. The van der Waals surface area contributed by atoms with Gasteiger partial charge in [-0.25, -0.2) is 0 Å². The summed E-state index contributed by atoms with van der Waals surface area (Å²) in [6.45, 7) is 1.13. The maximum Gasteiger partial charge on any atom is 0.270 e. The molecule has 1 saturated heterocycles. The summed E-state index contributed by atoms with van der Waals surface area (Å²) in [5, 5.41) is 12.1. The lowest BCUT2D eigenvalue weighted by Gasteiger charge is -2.32. The zero-order valence-corrected chi connectivity index (χ0v) is 14.4. The van der Waals surface area contributed by atoms with Crippen LogP contribution >= 0.6 is 0 Å². The van der Waals surface area contributed by atoms with Gasteiger partial charge in [-0.1, -0.05) is 18.2 Å². The van der Waals surface area contributed by atoms with Gasteiger partial charge in [0.25, 0.3) is 11.8 Å². The highest BCUT2D eigenvalue weighted by Crippen LogP contribution is 2.18. The molecule has 1 aliphatic heterocycles. The highest BCUT2D eigenvalue weighted by atomic mass is 16.3. The van der Waals surface area contributed by atoms with Crippen LogP contribution in [0.15, 0.2) is 58.8 Å². The monoisotopic (exact) mass is 354 g/mol. The Morgan fingerprint density at radius 2 is 2.04 bits per heavy atom. The van der Waals surface area contributed by atoms with Crippen LogP contribution in [0.4, 0.5) is 0 Å². The van der Waals surface area contributed by atoms with Gasteiger partial charge in [0.15, 0.2) is 0 Å². The van der Waals surface area contributed by atoms with E-state index in [0.29, 0.717) is 24.4 Å². The maximum atomic E-state index is 13.0. The number of hydrogen-bond acceptors (Lipinski definition) is 4. The second kappa shape index (κ2) is 8.49. The number of furan rings is 1. The number of piperidine rings is 1. The number of benzene rings is 1. The molecule has 0 spiro atoms. The topological polar surface area (TPSA) is 82.8 Å². The van der Waals surface area contributed by atoms with Gasteiger partial charge in [0.1, 0.15) is 11.5 Å². The van der Waals surface area contributed by atoms with E-state index in [2.05, 4.69) is 5.32 Å². The van der Waals surface area contributed by atoms with Crippen LogP contribution < -0.4 is 5.32 Å². The third-order valence-corrected chi connectivity index (χ3v) is 4.41. The fourth-order valence-corrected chi connectivity index (χ4v) is 3.02. The number of aliphatic hydroxyl groups is 1. The van der Waals surface area contributed by atoms with Gasteiger partial charge in [-0.2, -0.15) is 0 Å². The van der Waals surface area contributed by atoms with Crippen LogP contribution in [0.3, 0.4) is 0 Å². The third-order valence-electron chi connectivity index (χ3n) is 4.41. The number of likely N-dealkylation sites (tertiary alicyclic amines) is 1. The smallest absolute Gasteiger partial charge is 0.270 e. The van der Waals surface area contributed by atoms with Crippen LogP contribution in [0, 0.1) is 5.92 Å². The highest BCUT2D eigenvalue weighted by Gasteiger charge is 2.26. The summed E-state index contributed by atoms with van der Waals surface area (Å²) in [6.07, 6.45) is 4.77. The summed E-state index contributed by atoms with van der Waals surface area (Å²) in [6, 6.07) is 12.2. The van der Waals surface area contributed by atoms with Crippen molar-refractivity contribution in [2.45, 2.75) is 12.8 Å². The van der Waals surface area contributed by atoms with Crippen molar-refractivity contribution in [1.82, 2.24) is 10.2 Å². The van der Waals surface area contributed by atoms with Crippen molar-refractivity contribution in [3.63, 3.8) is 0 Å². The lowest BCUT2D eigenvalue weighted by atomic mass is 9.99. The molecule has 0 saturated carbocycles. The van der Waals surface area contributed by atoms with Gasteiger partial charge in [-0.05, 0) is 43.0 Å². The standard InChI is InChI=1S/C20H22N2O4/c23-14-15-6-4-10-22(13-15)20(25)18(12-17-9-5-11-26-17)21-19(24)16-7-2-1-3-8-16/h1-3,5,7-9,11-12,15,23H,4,6,10,13-14H2,(H,21,24)/t15-/m1/s1. The number of aliphatic hydroxyl groups excluding tert-OH is 1. The number of nitrogens with one attached hydrogen (secondary N) is 1. The SMILES string of the molecule is O=C(NC(=Cc1ccco1)C(=O)N1CCC[C@@H](CO)C1)c1ccccc1. The van der Waals surface area contributed by atoms with Crippen molar-refractivity contribution in [2.75, 3.05) is 19.7 Å². The van der Waals surface area contributed by atoms with Crippen LogP contribution in [0.25, 0.3) is 6.08 Å². The molecule has 0 aliphatic carbocycles. The van der Waals surface area contributed by atoms with Crippen LogP contribution in [0.1, 0.15) is 29.0 Å². The Morgan fingerprint density at radius 1 is 1.23 bits per heavy atom. The molecule has 1 aliphatic rings. The number of carbonyl (C=O) groups excluding carboxylic acids is 2. The van der Waals surface area contributed by atoms with E-state index in [4.69, 9.17) is 4.42 Å². The molecule has 1 aromatic carbocycles. The van der Waals surface area contributed by atoms with E-state index in [1.54, 1.807) is 41.3 Å². The van der Waals surface area contributed by atoms with Crippen LogP contribution in [0.2, 0.25) is 0 Å². The predicted octanol–water partition coefficient (Wildman–Crippen LogP) is 2.28. The van der Waals surface area contributed by atoms with Gasteiger partial charge in [-0.3, -0.25) is 9.59 Å². The predicted molar refractivity (Wildman–Crippen MR) is 97.0 cm³/mol. The second-order valence-electron chi connectivity index (χ2n) is 6.34. The zero-order valence-electron chi connectivity index (χ0n) is 14.4. The third kappa shape index (κ3) is 4.40. The molecule has 2 aromatic rings. The first-order valence-corrected chi connectivity index (χ1v) is 8.69. The average Bonchev–Trinajstić information content (AvgIpc) is 3.20. The minimum atomic E-state index is -0.354. The van der Waals surface area contributed by atoms with Crippen molar-refractivity contribution in [2.24, 2.45) is 5.92 Å². The fraction of sp³-hybridized carbons (Fsp3) is 0.300. The molecule has 0 bridgehead atoms. The first-order chi connectivity index (χ1) is 12.7. The summed E-state index contributed by atoms with van der Waals surface area (Å²) >= 11 is 0. The molecule has 1 aromatic heterocycles. The quantitative estimate of drug-likeness (QED) is 0.807. The van der Waals surface area contributed by atoms with Crippen LogP contribution in [0.5, 0.6) is 0 Å². The Bertz CT molecular complexity index is 768. The Kier molecular flexibility index (Phi) is 5.86. The Labute approximate surface area is 152 Å². The van der Waals surface area contributed by atoms with Gasteiger partial charge in [0.05, 0.1) is 6.26 Å². The Hall–Kier alpha value is -2.86. The first kappa shape index (κ1) is 17.9. The fourth-order valence-electron chi connectivity index (χ4n) is 3.02. The molecule has 26 heavy (non-hydrogen) atoms. The molecule has 3 rings (SSSR count). The molecule has 2 amide bonds. The van der Waals surface area contributed by atoms with Gasteiger partial charge in [0, 0.05) is 31.3 Å². The van der Waals surface area contributed by atoms with Crippen molar-refractivity contribution >= 4 is 17.9 Å². The molecule has 1 fully saturated rings. The van der Waals surface area contributed by atoms with E-state index in [1.807, 2.05) is 6.07 Å². The molecule has 0 unspecified atom stereocenters. The first-order valence-electron chi connectivity index (χ1n) is 8.69. The van der Waals surface area contributed by atoms with Crippen LogP contribution in [-0.2, 0) is 4.79 Å². The Morgan fingerprint density at radius 3 is 2.73 bits per heavy atom. The molecule has 2 heterocycles. The number of nitrogens with zero attached hydrogens (tertiary/aromatic N) is 1. The largest absolute Gasteiger partial charge is 0.465 e. The Balaban J connectivity index is 1.81. The van der Waals surface area contributed by atoms with E-state index in [9.17, 15) is 14.7 Å². The van der Waals surface area contributed by atoms with Crippen LogP contribution in [-0.4, -0.2) is 41.5 Å². The van der Waals surface area contributed by atoms with Gasteiger partial charge in [-0.15, -0.1) is 0 Å². The minimum Gasteiger partial charge on any atom is -0.465 e. The molecule has 136 valence electrons. The lowest BCUT2D eigenvalue weighted by molar-refractivity contribution is -0.129. The van der Waals surface area contributed by atoms with E-state index < -0.39 is 0 Å². The number of hydrogen-bond donors (Lipinski definition) is 2. The molecule has 2 N–H and O–H groups in total. The summed E-state index contributed by atoms with van der Waals surface area (Å²) in [5.74, 6) is -0.0730. The zero-order chi connectivity index (χ0) is 18.4. The van der Waals surface area contributed by atoms with Gasteiger partial charge < -0.3 is 19.7 Å². The van der Waals surface area contributed by atoms with Gasteiger partial charge >= 0.3 is 0 Å². The van der Waals surface area contributed by atoms with E-state index in [0.717, 1.165) is 12.8 Å². The van der Waals surface area contributed by atoms with E-state index in [1.165, 1.54) is 12.3 Å². The number of amides is 2. The number of carbonyl (C=O) groups is 2. The van der Waals surface area contributed by atoms with E-state index >= 15 is 0 Å². The van der Waals surface area contributed by atoms with Crippen molar-refractivity contribution in [3.05, 3.63) is 65.7 Å². The summed E-state index contributed by atoms with van der Waals surface area (Å²) in [5.41, 5.74) is 0.630. The molecule has 1 atom stereocenters. The summed E-state index contributed by atoms with van der Waals surface area (Å²) < 4.78 is 5.29. The number of rotatable bonds is 5. The lowest BCUT2D eigenvalue weighted by Crippen LogP contribution is -2.44. The van der Waals surface area contributed by atoms with E-state index in [-0.39, 0.29) is 30.0 Å². The molecular formula is C20H22N2O4. The second-order valence-corrected chi connectivity index (χ2v) is 6.34. The summed E-state index contributed by atoms with van der Waals surface area (Å²) in [4.78, 5) is 27.1. The average molecular weight is 354 g/mol. The molecular weight excluding hydrogens is 332 g/mol. The normalized spacial score (nSPS) is 17.8. The van der Waals surface area contributed by atoms with Crippen molar-refractivity contribution in [1.29, 1.82) is 0 Å². The van der Waals surface area contributed by atoms with Crippen molar-refractivity contribution in [3.8, 4) is 0 Å². The maximum absolute atomic E-state index is 13.0. The molecule has 6 nitrogen and oxygen atoms in total. The minimum absolute atomic E-state index is 0.0530. The summed E-state index contributed by atoms with van der Waals surface area (Å²) in [7, 11) is 0. The molecule has 6 heteroatoms.